The van der Waals surface area contributed by atoms with E-state index in [1.54, 1.807) is 12.1 Å². The highest BCUT2D eigenvalue weighted by molar-refractivity contribution is 9.10. The first-order valence-electron chi connectivity index (χ1n) is 5.47. The van der Waals surface area contributed by atoms with Crippen LogP contribution >= 0.6 is 15.9 Å². The second-order valence-electron chi connectivity index (χ2n) is 3.99. The molecule has 1 aromatic carbocycles. The highest BCUT2D eigenvalue weighted by atomic mass is 79.9. The van der Waals surface area contributed by atoms with Gasteiger partial charge in [0.25, 0.3) is 0 Å². The Morgan fingerprint density at radius 3 is 2.56 bits per heavy atom. The fourth-order valence-corrected chi connectivity index (χ4v) is 2.74. The summed E-state index contributed by atoms with van der Waals surface area (Å²) < 4.78 is 0.870. The van der Waals surface area contributed by atoms with E-state index in [1.807, 2.05) is 6.07 Å². The smallest absolute Gasteiger partial charge is 0.337 e. The third-order valence-corrected chi connectivity index (χ3v) is 3.53. The van der Waals surface area contributed by atoms with Gasteiger partial charge in [0.2, 0.25) is 0 Å². The molecule has 0 saturated carbocycles. The number of benzene rings is 1. The van der Waals surface area contributed by atoms with Gasteiger partial charge in [0.05, 0.1) is 11.3 Å². The summed E-state index contributed by atoms with van der Waals surface area (Å²) in [5.41, 5.74) is 1.21. The Balaban J connectivity index is 2.40. The van der Waals surface area contributed by atoms with Gasteiger partial charge in [-0.3, -0.25) is 0 Å². The van der Waals surface area contributed by atoms with Crippen molar-refractivity contribution >= 4 is 27.6 Å². The predicted molar refractivity (Wildman–Crippen MR) is 67.2 cm³/mol. The van der Waals surface area contributed by atoms with E-state index >= 15 is 0 Å². The number of para-hydroxylation sites is 1. The zero-order valence-corrected chi connectivity index (χ0v) is 10.5. The third kappa shape index (κ3) is 2.21. The first kappa shape index (κ1) is 11.5. The summed E-state index contributed by atoms with van der Waals surface area (Å²) in [7, 11) is 0. The minimum absolute atomic E-state index is 0.385. The largest absolute Gasteiger partial charge is 0.478 e. The Morgan fingerprint density at radius 2 is 1.94 bits per heavy atom. The highest BCUT2D eigenvalue weighted by Crippen LogP contribution is 2.32. The first-order chi connectivity index (χ1) is 7.70. The molecule has 4 heteroatoms. The number of hydrogen-bond donors (Lipinski definition) is 1. The molecule has 0 aliphatic carbocycles. The number of hydrogen-bond acceptors (Lipinski definition) is 2. The van der Waals surface area contributed by atoms with Crippen LogP contribution in [0.1, 0.15) is 29.6 Å². The summed E-state index contributed by atoms with van der Waals surface area (Å²) in [6, 6.07) is 5.33. The summed E-state index contributed by atoms with van der Waals surface area (Å²) in [4.78, 5) is 13.3. The first-order valence-corrected chi connectivity index (χ1v) is 6.26. The van der Waals surface area contributed by atoms with Crippen LogP contribution in [0.4, 0.5) is 5.69 Å². The summed E-state index contributed by atoms with van der Waals surface area (Å²) in [6.07, 6.45) is 3.52. The number of rotatable bonds is 2. The van der Waals surface area contributed by atoms with E-state index in [2.05, 4.69) is 20.8 Å². The molecule has 1 aliphatic rings. The minimum Gasteiger partial charge on any atom is -0.478 e. The van der Waals surface area contributed by atoms with Crippen LogP contribution in [0.3, 0.4) is 0 Å². The maximum Gasteiger partial charge on any atom is 0.337 e. The van der Waals surface area contributed by atoms with Crippen molar-refractivity contribution in [2.75, 3.05) is 18.0 Å². The highest BCUT2D eigenvalue weighted by Gasteiger charge is 2.20. The van der Waals surface area contributed by atoms with E-state index in [1.165, 1.54) is 6.42 Å². The molecule has 86 valence electrons. The Hall–Kier alpha value is -1.03. The zero-order chi connectivity index (χ0) is 11.5. The second kappa shape index (κ2) is 4.87. The van der Waals surface area contributed by atoms with E-state index < -0.39 is 5.97 Å². The van der Waals surface area contributed by atoms with Crippen LogP contribution < -0.4 is 4.90 Å². The summed E-state index contributed by atoms with van der Waals surface area (Å²) in [5, 5.41) is 9.17. The van der Waals surface area contributed by atoms with Crippen LogP contribution in [-0.2, 0) is 0 Å². The molecular formula is C12H14BrNO2. The average Bonchev–Trinajstić information content (AvgIpc) is 2.29. The maximum atomic E-state index is 11.2. The molecule has 3 nitrogen and oxygen atoms in total. The summed E-state index contributed by atoms with van der Waals surface area (Å²) >= 11 is 3.45. The molecule has 1 fully saturated rings. The topological polar surface area (TPSA) is 40.5 Å². The molecule has 0 amide bonds. The average molecular weight is 284 g/mol. The number of anilines is 1. The monoisotopic (exact) mass is 283 g/mol. The van der Waals surface area contributed by atoms with Crippen molar-refractivity contribution in [3.63, 3.8) is 0 Å². The minimum atomic E-state index is -0.859. The lowest BCUT2D eigenvalue weighted by molar-refractivity contribution is 0.0697. The van der Waals surface area contributed by atoms with Crippen molar-refractivity contribution in [1.82, 2.24) is 0 Å². The second-order valence-corrected chi connectivity index (χ2v) is 4.84. The number of carboxylic acid groups (broad SMARTS) is 1. The van der Waals surface area contributed by atoms with Gasteiger partial charge in [0.1, 0.15) is 0 Å². The maximum absolute atomic E-state index is 11.2. The van der Waals surface area contributed by atoms with E-state index in [-0.39, 0.29) is 0 Å². The Morgan fingerprint density at radius 1 is 1.25 bits per heavy atom. The number of piperidine rings is 1. The molecule has 0 spiro atoms. The van der Waals surface area contributed by atoms with Gasteiger partial charge in [-0.15, -0.1) is 0 Å². The van der Waals surface area contributed by atoms with Gasteiger partial charge in [-0.05, 0) is 47.3 Å². The number of halogens is 1. The lowest BCUT2D eigenvalue weighted by Gasteiger charge is -2.30. The van der Waals surface area contributed by atoms with Crippen molar-refractivity contribution < 1.29 is 9.90 Å². The van der Waals surface area contributed by atoms with E-state index in [4.69, 9.17) is 0 Å². The molecule has 0 unspecified atom stereocenters. The van der Waals surface area contributed by atoms with Crippen LogP contribution in [0.2, 0.25) is 0 Å². The van der Waals surface area contributed by atoms with Crippen LogP contribution in [0, 0.1) is 0 Å². The summed E-state index contributed by atoms with van der Waals surface area (Å²) in [6.45, 7) is 1.89. The molecule has 1 heterocycles. The summed E-state index contributed by atoms with van der Waals surface area (Å²) in [5.74, 6) is -0.859. The van der Waals surface area contributed by atoms with Crippen LogP contribution in [-0.4, -0.2) is 24.2 Å². The zero-order valence-electron chi connectivity index (χ0n) is 8.95. The quantitative estimate of drug-likeness (QED) is 0.907. The van der Waals surface area contributed by atoms with Gasteiger partial charge in [-0.25, -0.2) is 4.79 Å². The Labute approximate surface area is 103 Å². The molecule has 1 saturated heterocycles. The molecular weight excluding hydrogens is 270 g/mol. The Kier molecular flexibility index (Phi) is 3.49. The van der Waals surface area contributed by atoms with Crippen molar-refractivity contribution in [2.45, 2.75) is 19.3 Å². The Bertz CT molecular complexity index is 400. The predicted octanol–water partition coefficient (Wildman–Crippen LogP) is 3.14. The van der Waals surface area contributed by atoms with Gasteiger partial charge in [-0.1, -0.05) is 6.07 Å². The fourth-order valence-electron chi connectivity index (χ4n) is 2.13. The lowest BCUT2D eigenvalue weighted by Crippen LogP contribution is -2.31. The van der Waals surface area contributed by atoms with Crippen molar-refractivity contribution in [3.8, 4) is 0 Å². The lowest BCUT2D eigenvalue weighted by atomic mass is 10.1. The molecule has 0 atom stereocenters. The molecule has 1 aromatic rings. The van der Waals surface area contributed by atoms with Crippen LogP contribution in [0.15, 0.2) is 22.7 Å². The standard InChI is InChI=1S/C12H14BrNO2/c13-10-6-4-5-9(12(15)16)11(10)14-7-2-1-3-8-14/h4-6H,1-3,7-8H2,(H,15,16). The fraction of sp³-hybridized carbons (Fsp3) is 0.417. The number of nitrogens with zero attached hydrogens (tertiary/aromatic N) is 1. The van der Waals surface area contributed by atoms with E-state index in [9.17, 15) is 9.90 Å². The van der Waals surface area contributed by atoms with Crippen LogP contribution in [0.5, 0.6) is 0 Å². The third-order valence-electron chi connectivity index (χ3n) is 2.89. The van der Waals surface area contributed by atoms with Crippen molar-refractivity contribution in [3.05, 3.63) is 28.2 Å². The molecule has 1 aliphatic heterocycles. The van der Waals surface area contributed by atoms with Gasteiger partial charge >= 0.3 is 5.97 Å². The number of carboxylic acids is 1. The van der Waals surface area contributed by atoms with Gasteiger partial charge in [0, 0.05) is 17.6 Å². The SMILES string of the molecule is O=C(O)c1cccc(Br)c1N1CCCCC1. The van der Waals surface area contributed by atoms with Gasteiger partial charge < -0.3 is 10.0 Å². The molecule has 0 aromatic heterocycles. The number of carbonyl (C=O) groups is 1. The van der Waals surface area contributed by atoms with E-state index in [0.717, 1.165) is 36.1 Å². The molecule has 2 rings (SSSR count). The molecule has 0 radical (unpaired) electrons. The van der Waals surface area contributed by atoms with Gasteiger partial charge in [-0.2, -0.15) is 0 Å². The molecule has 1 N–H and O–H groups in total. The van der Waals surface area contributed by atoms with Gasteiger partial charge in [0.15, 0.2) is 0 Å². The molecule has 16 heavy (non-hydrogen) atoms. The van der Waals surface area contributed by atoms with Crippen LogP contribution in [0.25, 0.3) is 0 Å². The van der Waals surface area contributed by atoms with E-state index in [0.29, 0.717) is 5.56 Å². The number of aromatic carboxylic acids is 1. The normalized spacial score (nSPS) is 16.2. The van der Waals surface area contributed by atoms with Crippen molar-refractivity contribution in [1.29, 1.82) is 0 Å². The molecule has 0 bridgehead atoms. The van der Waals surface area contributed by atoms with Crippen molar-refractivity contribution in [2.24, 2.45) is 0 Å².